The molecule has 7 nitrogen and oxygen atoms in total. The Kier molecular flexibility index (Phi) is 4.89. The highest BCUT2D eigenvalue weighted by Gasteiger charge is 2.33. The molecular formula is C17H15F3N4O3. The molecule has 0 aliphatic carbocycles. The number of benzene rings is 2. The van der Waals surface area contributed by atoms with E-state index in [1.165, 1.54) is 19.2 Å². The van der Waals surface area contributed by atoms with Gasteiger partial charge in [-0.25, -0.2) is 4.79 Å². The number of rotatable bonds is 5. The maximum absolute atomic E-state index is 12.8. The molecule has 3 rings (SSSR count). The van der Waals surface area contributed by atoms with Crippen LogP contribution in [0.25, 0.3) is 5.69 Å². The quantitative estimate of drug-likeness (QED) is 0.681. The molecule has 142 valence electrons. The first kappa shape index (κ1) is 18.5. The lowest BCUT2D eigenvalue weighted by Gasteiger charge is -2.17. The molecule has 0 spiro atoms. The summed E-state index contributed by atoms with van der Waals surface area (Å²) in [5, 5.41) is 7.26. The van der Waals surface area contributed by atoms with Crippen molar-refractivity contribution >= 4 is 0 Å². The van der Waals surface area contributed by atoms with Crippen LogP contribution in [0.4, 0.5) is 13.2 Å². The van der Waals surface area contributed by atoms with E-state index in [1.807, 2.05) is 19.1 Å². The zero-order chi connectivity index (χ0) is 19.6. The highest BCUT2D eigenvalue weighted by Crippen LogP contribution is 2.31. The van der Waals surface area contributed by atoms with Crippen molar-refractivity contribution in [2.45, 2.75) is 19.9 Å². The number of hydrogen-bond donors (Lipinski definition) is 0. The van der Waals surface area contributed by atoms with E-state index in [0.717, 1.165) is 21.0 Å². The summed E-state index contributed by atoms with van der Waals surface area (Å²) in [5.74, 6) is 0.0166. The van der Waals surface area contributed by atoms with Gasteiger partial charge >= 0.3 is 12.1 Å². The van der Waals surface area contributed by atoms with Crippen molar-refractivity contribution in [3.63, 3.8) is 0 Å². The van der Waals surface area contributed by atoms with Crippen LogP contribution in [-0.2, 0) is 13.7 Å². The first-order valence-corrected chi connectivity index (χ1v) is 7.82. The molecule has 1 aromatic heterocycles. The van der Waals surface area contributed by atoms with E-state index in [9.17, 15) is 18.0 Å². The summed E-state index contributed by atoms with van der Waals surface area (Å²) in [6.45, 7) is 1.54. The number of halogens is 3. The Hall–Kier alpha value is -3.30. The molecule has 0 N–H and O–H groups in total. The SMILES string of the molecule is Cc1ccccc1OCc1c(OC(F)(F)F)cccc1-n1nnn(C)c1=O. The molecule has 0 unspecified atom stereocenters. The van der Waals surface area contributed by atoms with Crippen molar-refractivity contribution in [3.05, 3.63) is 64.1 Å². The lowest BCUT2D eigenvalue weighted by Crippen LogP contribution is -2.24. The molecule has 0 amide bonds. The second-order valence-electron chi connectivity index (χ2n) is 5.65. The van der Waals surface area contributed by atoms with Gasteiger partial charge in [-0.1, -0.05) is 24.3 Å². The first-order valence-electron chi connectivity index (χ1n) is 7.82. The van der Waals surface area contributed by atoms with E-state index in [0.29, 0.717) is 5.75 Å². The van der Waals surface area contributed by atoms with Crippen molar-refractivity contribution in [1.29, 1.82) is 0 Å². The molecule has 27 heavy (non-hydrogen) atoms. The highest BCUT2D eigenvalue weighted by molar-refractivity contribution is 5.49. The number of nitrogens with zero attached hydrogens (tertiary/aromatic N) is 4. The van der Waals surface area contributed by atoms with Gasteiger partial charge in [0.1, 0.15) is 18.1 Å². The lowest BCUT2D eigenvalue weighted by atomic mass is 10.1. The van der Waals surface area contributed by atoms with Gasteiger partial charge in [0.2, 0.25) is 0 Å². The van der Waals surface area contributed by atoms with E-state index in [1.54, 1.807) is 12.1 Å². The summed E-state index contributed by atoms with van der Waals surface area (Å²) in [5.41, 5.74) is 0.297. The number of tetrazole rings is 1. The van der Waals surface area contributed by atoms with E-state index in [-0.39, 0.29) is 17.9 Å². The first-order chi connectivity index (χ1) is 12.8. The minimum Gasteiger partial charge on any atom is -0.488 e. The molecule has 0 saturated carbocycles. The second kappa shape index (κ2) is 7.14. The maximum atomic E-state index is 12.8. The third-order valence-electron chi connectivity index (χ3n) is 3.75. The number of ether oxygens (including phenoxy) is 2. The number of hydrogen-bond acceptors (Lipinski definition) is 5. The van der Waals surface area contributed by atoms with Gasteiger partial charge in [-0.15, -0.1) is 13.2 Å². The third-order valence-corrected chi connectivity index (χ3v) is 3.75. The Morgan fingerprint density at radius 3 is 2.37 bits per heavy atom. The van der Waals surface area contributed by atoms with Gasteiger partial charge in [0.05, 0.1) is 11.3 Å². The van der Waals surface area contributed by atoms with Crippen LogP contribution in [0.3, 0.4) is 0 Å². The van der Waals surface area contributed by atoms with Crippen LogP contribution in [0.5, 0.6) is 11.5 Å². The standard InChI is InChI=1S/C17H15F3N4O3/c1-11-6-3-4-8-14(11)26-10-12-13(24-16(25)23(2)21-22-24)7-5-9-15(12)27-17(18,19)20/h3-9H,10H2,1-2H3. The van der Waals surface area contributed by atoms with Gasteiger partial charge in [0, 0.05) is 7.05 Å². The molecule has 1 heterocycles. The fourth-order valence-electron chi connectivity index (χ4n) is 2.45. The molecule has 0 bridgehead atoms. The average molecular weight is 380 g/mol. The smallest absolute Gasteiger partial charge is 0.488 e. The molecular weight excluding hydrogens is 365 g/mol. The summed E-state index contributed by atoms with van der Waals surface area (Å²) in [7, 11) is 1.38. The Morgan fingerprint density at radius 2 is 1.74 bits per heavy atom. The zero-order valence-corrected chi connectivity index (χ0v) is 14.4. The van der Waals surface area contributed by atoms with Gasteiger partial charge in [-0.3, -0.25) is 0 Å². The molecule has 0 atom stereocenters. The van der Waals surface area contributed by atoms with Crippen LogP contribution in [-0.4, -0.2) is 26.2 Å². The topological polar surface area (TPSA) is 71.2 Å². The van der Waals surface area contributed by atoms with Crippen LogP contribution >= 0.6 is 0 Å². The molecule has 0 saturated heterocycles. The number of alkyl halides is 3. The highest BCUT2D eigenvalue weighted by atomic mass is 19.4. The predicted molar refractivity (Wildman–Crippen MR) is 88.8 cm³/mol. The Morgan fingerprint density at radius 1 is 1.04 bits per heavy atom. The number of aromatic nitrogens is 4. The maximum Gasteiger partial charge on any atom is 0.573 e. The Bertz CT molecular complexity index is 1010. The van der Waals surface area contributed by atoms with Gasteiger partial charge < -0.3 is 9.47 Å². The molecule has 0 aliphatic heterocycles. The molecule has 0 aliphatic rings. The van der Waals surface area contributed by atoms with Crippen molar-refractivity contribution in [3.8, 4) is 17.2 Å². The van der Waals surface area contributed by atoms with Gasteiger partial charge in [-0.05, 0) is 41.1 Å². The van der Waals surface area contributed by atoms with Gasteiger partial charge in [-0.2, -0.15) is 9.36 Å². The number of para-hydroxylation sites is 1. The largest absolute Gasteiger partial charge is 0.573 e. The summed E-state index contributed by atoms with van der Waals surface area (Å²) >= 11 is 0. The van der Waals surface area contributed by atoms with Gasteiger partial charge in [0.25, 0.3) is 0 Å². The van der Waals surface area contributed by atoms with Crippen molar-refractivity contribution in [1.82, 2.24) is 19.8 Å². The van der Waals surface area contributed by atoms with Crippen molar-refractivity contribution in [2.75, 3.05) is 0 Å². The Labute approximate surface area is 151 Å². The summed E-state index contributed by atoms with van der Waals surface area (Å²) in [4.78, 5) is 12.1. The minimum absolute atomic E-state index is 0.0145. The zero-order valence-electron chi connectivity index (χ0n) is 14.4. The fraction of sp³-hybridized carbons (Fsp3) is 0.235. The molecule has 10 heteroatoms. The van der Waals surface area contributed by atoms with E-state index in [2.05, 4.69) is 15.2 Å². The predicted octanol–water partition coefficient (Wildman–Crippen LogP) is 2.75. The normalized spacial score (nSPS) is 11.4. The van der Waals surface area contributed by atoms with Crippen LogP contribution < -0.4 is 15.2 Å². The molecule has 0 fully saturated rings. The van der Waals surface area contributed by atoms with Crippen molar-refractivity contribution < 1.29 is 22.6 Å². The molecule has 3 aromatic rings. The second-order valence-corrected chi connectivity index (χ2v) is 5.65. The van der Waals surface area contributed by atoms with E-state index < -0.39 is 17.8 Å². The summed E-state index contributed by atoms with van der Waals surface area (Å²) in [6.07, 6.45) is -4.90. The molecule has 2 aromatic carbocycles. The van der Waals surface area contributed by atoms with Crippen LogP contribution in [0.1, 0.15) is 11.1 Å². The molecule has 0 radical (unpaired) electrons. The Balaban J connectivity index is 2.05. The van der Waals surface area contributed by atoms with E-state index >= 15 is 0 Å². The summed E-state index contributed by atoms with van der Waals surface area (Å²) in [6, 6.07) is 11.0. The fourth-order valence-corrected chi connectivity index (χ4v) is 2.45. The van der Waals surface area contributed by atoms with Crippen LogP contribution in [0.15, 0.2) is 47.3 Å². The summed E-state index contributed by atoms with van der Waals surface area (Å²) < 4.78 is 50.0. The van der Waals surface area contributed by atoms with Crippen molar-refractivity contribution in [2.24, 2.45) is 7.05 Å². The van der Waals surface area contributed by atoms with Gasteiger partial charge in [0.15, 0.2) is 0 Å². The van der Waals surface area contributed by atoms with E-state index in [4.69, 9.17) is 4.74 Å². The third kappa shape index (κ3) is 4.10. The monoisotopic (exact) mass is 380 g/mol. The minimum atomic E-state index is -4.90. The number of aryl methyl sites for hydroxylation is 2. The van der Waals surface area contributed by atoms with Crippen LogP contribution in [0, 0.1) is 6.92 Å². The lowest BCUT2D eigenvalue weighted by molar-refractivity contribution is -0.275. The average Bonchev–Trinajstić information content (AvgIpc) is 2.93. The van der Waals surface area contributed by atoms with Crippen LogP contribution in [0.2, 0.25) is 0 Å².